The summed E-state index contributed by atoms with van der Waals surface area (Å²) in [6, 6.07) is 1.75. The average molecular weight is 290 g/mol. The van der Waals surface area contributed by atoms with Gasteiger partial charge in [0.25, 0.3) is 11.6 Å². The Morgan fingerprint density at radius 3 is 2.67 bits per heavy atom. The fourth-order valence-electron chi connectivity index (χ4n) is 2.21. The van der Waals surface area contributed by atoms with Gasteiger partial charge in [0.05, 0.1) is 16.6 Å². The number of aryl methyl sites for hydroxylation is 1. The molecule has 0 aliphatic rings. The minimum atomic E-state index is -0.0893. The molecule has 0 bridgehead atoms. The summed E-state index contributed by atoms with van der Waals surface area (Å²) in [7, 11) is 1.75. The molecule has 0 aliphatic heterocycles. The third-order valence-electron chi connectivity index (χ3n) is 3.70. The van der Waals surface area contributed by atoms with Crippen LogP contribution in [0.25, 0.3) is 11.1 Å². The van der Waals surface area contributed by atoms with Gasteiger partial charge in [0.2, 0.25) is 0 Å². The molecular formula is C15H22N4O2. The predicted molar refractivity (Wildman–Crippen MR) is 81.2 cm³/mol. The summed E-state index contributed by atoms with van der Waals surface area (Å²) in [5, 5.41) is 4.78. The molecular weight excluding hydrogens is 268 g/mol. The van der Waals surface area contributed by atoms with Crippen molar-refractivity contribution in [2.24, 2.45) is 5.73 Å². The predicted octanol–water partition coefficient (Wildman–Crippen LogP) is 2.07. The van der Waals surface area contributed by atoms with Crippen LogP contribution in [0.3, 0.4) is 0 Å². The van der Waals surface area contributed by atoms with Gasteiger partial charge >= 0.3 is 0 Å². The van der Waals surface area contributed by atoms with E-state index < -0.39 is 0 Å². The Morgan fingerprint density at radius 2 is 2.10 bits per heavy atom. The highest BCUT2D eigenvalue weighted by Crippen LogP contribution is 2.28. The number of hydrogen-bond acceptors (Lipinski definition) is 5. The summed E-state index contributed by atoms with van der Waals surface area (Å²) in [6.07, 6.45) is 0. The van der Waals surface area contributed by atoms with Gasteiger partial charge in [-0.1, -0.05) is 19.0 Å². The van der Waals surface area contributed by atoms with Crippen molar-refractivity contribution in [1.29, 1.82) is 0 Å². The van der Waals surface area contributed by atoms with E-state index in [9.17, 15) is 4.79 Å². The Hall–Kier alpha value is -1.95. The lowest BCUT2D eigenvalue weighted by Crippen LogP contribution is -2.39. The standard InChI is InChI=1S/C15H22N4O2/c1-8(2)13-12-11(15(20)19(5)10(4)7-16)6-9(3)17-14(12)21-18-13/h6,8,10H,7,16H2,1-5H3. The van der Waals surface area contributed by atoms with Crippen molar-refractivity contribution in [3.8, 4) is 0 Å². The van der Waals surface area contributed by atoms with Crippen LogP contribution in [0.15, 0.2) is 10.6 Å². The Kier molecular flexibility index (Phi) is 4.27. The molecule has 0 spiro atoms. The van der Waals surface area contributed by atoms with E-state index in [-0.39, 0.29) is 17.9 Å². The number of carbonyl (C=O) groups excluding carboxylic acids is 1. The first-order valence-corrected chi connectivity index (χ1v) is 7.11. The number of rotatable bonds is 4. The molecule has 2 aromatic heterocycles. The molecule has 1 unspecified atom stereocenters. The quantitative estimate of drug-likeness (QED) is 0.931. The van der Waals surface area contributed by atoms with Crippen molar-refractivity contribution in [3.05, 3.63) is 23.0 Å². The lowest BCUT2D eigenvalue weighted by Gasteiger charge is -2.24. The highest BCUT2D eigenvalue weighted by molar-refractivity contribution is 6.06. The van der Waals surface area contributed by atoms with E-state index in [1.807, 2.05) is 27.7 Å². The van der Waals surface area contributed by atoms with Crippen LogP contribution in [0.5, 0.6) is 0 Å². The minimum Gasteiger partial charge on any atom is -0.338 e. The van der Waals surface area contributed by atoms with Gasteiger partial charge in [-0.3, -0.25) is 4.79 Å². The number of pyridine rings is 1. The number of hydrogen-bond donors (Lipinski definition) is 1. The first kappa shape index (κ1) is 15.4. The Labute approximate surface area is 124 Å². The van der Waals surface area contributed by atoms with Crippen LogP contribution >= 0.6 is 0 Å². The van der Waals surface area contributed by atoms with E-state index in [0.29, 0.717) is 23.2 Å². The first-order chi connectivity index (χ1) is 9.86. The van der Waals surface area contributed by atoms with Crippen LogP contribution in [0.4, 0.5) is 0 Å². The highest BCUT2D eigenvalue weighted by Gasteiger charge is 2.24. The van der Waals surface area contributed by atoms with Crippen LogP contribution in [0, 0.1) is 6.92 Å². The fraction of sp³-hybridized carbons (Fsp3) is 0.533. The number of carbonyl (C=O) groups is 1. The zero-order valence-corrected chi connectivity index (χ0v) is 13.2. The van der Waals surface area contributed by atoms with Gasteiger partial charge < -0.3 is 15.2 Å². The number of fused-ring (bicyclic) bond motifs is 1. The largest absolute Gasteiger partial charge is 0.338 e. The molecule has 0 saturated carbocycles. The molecule has 2 N–H and O–H groups in total. The van der Waals surface area contributed by atoms with Gasteiger partial charge in [-0.25, -0.2) is 4.98 Å². The van der Waals surface area contributed by atoms with Crippen molar-refractivity contribution in [3.63, 3.8) is 0 Å². The van der Waals surface area contributed by atoms with E-state index in [0.717, 1.165) is 11.4 Å². The first-order valence-electron chi connectivity index (χ1n) is 7.11. The molecule has 0 radical (unpaired) electrons. The van der Waals surface area contributed by atoms with Gasteiger partial charge in [0.1, 0.15) is 0 Å². The van der Waals surface area contributed by atoms with Crippen molar-refractivity contribution < 1.29 is 9.32 Å². The Morgan fingerprint density at radius 1 is 1.43 bits per heavy atom. The smallest absolute Gasteiger partial charge is 0.259 e. The molecule has 0 fully saturated rings. The van der Waals surface area contributed by atoms with E-state index in [1.165, 1.54) is 0 Å². The number of aromatic nitrogens is 2. The third-order valence-corrected chi connectivity index (χ3v) is 3.70. The topological polar surface area (TPSA) is 85.2 Å². The summed E-state index contributed by atoms with van der Waals surface area (Å²) in [4.78, 5) is 18.7. The number of likely N-dealkylation sites (N-methyl/N-ethyl adjacent to an activating group) is 1. The summed E-state index contributed by atoms with van der Waals surface area (Å²) in [6.45, 7) is 8.19. The second-order valence-electron chi connectivity index (χ2n) is 5.71. The monoisotopic (exact) mass is 290 g/mol. The fourth-order valence-corrected chi connectivity index (χ4v) is 2.21. The molecule has 2 heterocycles. The maximum atomic E-state index is 12.8. The molecule has 1 atom stereocenters. The number of nitrogens with two attached hydrogens (primary N) is 1. The van der Waals surface area contributed by atoms with Gasteiger partial charge in [0.15, 0.2) is 0 Å². The van der Waals surface area contributed by atoms with E-state index in [2.05, 4.69) is 10.1 Å². The van der Waals surface area contributed by atoms with Gasteiger partial charge in [-0.2, -0.15) is 0 Å². The van der Waals surface area contributed by atoms with Crippen LogP contribution in [-0.2, 0) is 0 Å². The zero-order chi connectivity index (χ0) is 15.7. The summed E-state index contributed by atoms with van der Waals surface area (Å²) < 4.78 is 5.29. The molecule has 21 heavy (non-hydrogen) atoms. The molecule has 2 aromatic rings. The van der Waals surface area contributed by atoms with Crippen molar-refractivity contribution in [2.45, 2.75) is 39.7 Å². The van der Waals surface area contributed by atoms with Crippen molar-refractivity contribution in [1.82, 2.24) is 15.0 Å². The summed E-state index contributed by atoms with van der Waals surface area (Å²) in [5.41, 5.74) is 8.13. The summed E-state index contributed by atoms with van der Waals surface area (Å²) >= 11 is 0. The van der Waals surface area contributed by atoms with Crippen molar-refractivity contribution in [2.75, 3.05) is 13.6 Å². The lowest BCUT2D eigenvalue weighted by molar-refractivity contribution is 0.0750. The third kappa shape index (κ3) is 2.76. The molecule has 2 rings (SSSR count). The van der Waals surface area contributed by atoms with Crippen LogP contribution in [-0.4, -0.2) is 40.6 Å². The maximum Gasteiger partial charge on any atom is 0.259 e. The lowest BCUT2D eigenvalue weighted by atomic mass is 10.0. The molecule has 1 amide bonds. The van der Waals surface area contributed by atoms with Crippen molar-refractivity contribution >= 4 is 17.0 Å². The molecule has 0 aliphatic carbocycles. The van der Waals surface area contributed by atoms with Gasteiger partial charge in [-0.05, 0) is 25.8 Å². The zero-order valence-electron chi connectivity index (χ0n) is 13.2. The number of nitrogens with zero attached hydrogens (tertiary/aromatic N) is 3. The number of amides is 1. The van der Waals surface area contributed by atoms with Crippen LogP contribution in [0.1, 0.15) is 48.4 Å². The molecule has 6 nitrogen and oxygen atoms in total. The molecule has 114 valence electrons. The second kappa shape index (κ2) is 5.81. The van der Waals surface area contributed by atoms with Gasteiger partial charge in [-0.15, -0.1) is 0 Å². The molecule has 6 heteroatoms. The van der Waals surface area contributed by atoms with E-state index in [4.69, 9.17) is 10.3 Å². The Bertz CT molecular complexity index is 663. The Balaban J connectivity index is 2.61. The summed E-state index contributed by atoms with van der Waals surface area (Å²) in [5.74, 6) is 0.0631. The molecule has 0 aromatic carbocycles. The van der Waals surface area contributed by atoms with Crippen LogP contribution in [0.2, 0.25) is 0 Å². The van der Waals surface area contributed by atoms with E-state index >= 15 is 0 Å². The highest BCUT2D eigenvalue weighted by atomic mass is 16.5. The average Bonchev–Trinajstić information content (AvgIpc) is 2.87. The maximum absolute atomic E-state index is 12.8. The van der Waals surface area contributed by atoms with Crippen LogP contribution < -0.4 is 5.73 Å². The van der Waals surface area contributed by atoms with Gasteiger partial charge in [0, 0.05) is 25.3 Å². The minimum absolute atomic E-state index is 0.0385. The van der Waals surface area contributed by atoms with E-state index in [1.54, 1.807) is 18.0 Å². The molecule has 0 saturated heterocycles. The second-order valence-corrected chi connectivity index (χ2v) is 5.71. The normalized spacial score (nSPS) is 12.9. The SMILES string of the molecule is Cc1cc(C(=O)N(C)C(C)CN)c2c(C(C)C)noc2n1.